The molecular formula is C22H20N4O. The third-order valence-corrected chi connectivity index (χ3v) is 4.60. The maximum atomic E-state index is 12.1. The number of aromatic amines is 2. The molecule has 4 aromatic rings. The highest BCUT2D eigenvalue weighted by atomic mass is 16.1. The van der Waals surface area contributed by atoms with Gasteiger partial charge in [-0.15, -0.1) is 0 Å². The lowest BCUT2D eigenvalue weighted by molar-refractivity contribution is 0.884. The zero-order valence-corrected chi connectivity index (χ0v) is 15.1. The Morgan fingerprint density at radius 2 is 1.81 bits per heavy atom. The summed E-state index contributed by atoms with van der Waals surface area (Å²) >= 11 is 0. The predicted molar refractivity (Wildman–Crippen MR) is 108 cm³/mol. The van der Waals surface area contributed by atoms with E-state index in [9.17, 15) is 4.79 Å². The Hall–Kier alpha value is -3.60. The van der Waals surface area contributed by atoms with Crippen molar-refractivity contribution < 1.29 is 0 Å². The van der Waals surface area contributed by atoms with Crippen LogP contribution in [0.1, 0.15) is 18.1 Å². The van der Waals surface area contributed by atoms with E-state index in [1.807, 2.05) is 47.3 Å². The normalized spacial score (nSPS) is 11.8. The number of nitrogens with zero attached hydrogens (tertiary/aromatic N) is 2. The Kier molecular flexibility index (Phi) is 4.34. The van der Waals surface area contributed by atoms with E-state index in [0.29, 0.717) is 10.6 Å². The van der Waals surface area contributed by atoms with Gasteiger partial charge in [-0.05, 0) is 30.2 Å². The molecule has 0 saturated heterocycles. The Bertz CT molecular complexity index is 1200. The van der Waals surface area contributed by atoms with Gasteiger partial charge in [0, 0.05) is 17.3 Å². The van der Waals surface area contributed by atoms with Crippen LogP contribution in [0.2, 0.25) is 0 Å². The number of hydrogen-bond acceptors (Lipinski definition) is 2. The largest absolute Gasteiger partial charge is 0.298 e. The first-order valence-corrected chi connectivity index (χ1v) is 8.87. The minimum atomic E-state index is -0.195. The number of H-pyrrole nitrogens is 2. The Labute approximate surface area is 156 Å². The number of aromatic nitrogens is 4. The molecule has 0 bridgehead atoms. The monoisotopic (exact) mass is 356 g/mol. The van der Waals surface area contributed by atoms with Crippen LogP contribution >= 0.6 is 0 Å². The summed E-state index contributed by atoms with van der Waals surface area (Å²) in [6, 6.07) is 18.3. The molecule has 0 atom stereocenters. The maximum absolute atomic E-state index is 12.1. The van der Waals surface area contributed by atoms with Crippen molar-refractivity contribution in [1.82, 2.24) is 20.0 Å². The molecule has 5 nitrogen and oxygen atoms in total. The Balaban J connectivity index is 1.93. The van der Waals surface area contributed by atoms with Gasteiger partial charge in [-0.25, -0.2) is 4.68 Å². The summed E-state index contributed by atoms with van der Waals surface area (Å²) in [5.74, 6) is 0. The van der Waals surface area contributed by atoms with E-state index in [1.54, 1.807) is 0 Å². The van der Waals surface area contributed by atoms with Gasteiger partial charge in [0.2, 0.25) is 0 Å². The molecular weight excluding hydrogens is 336 g/mol. The van der Waals surface area contributed by atoms with E-state index in [-0.39, 0.29) is 5.56 Å². The smallest absolute Gasteiger partial charge is 0.271 e. The van der Waals surface area contributed by atoms with Crippen LogP contribution in [0.5, 0.6) is 0 Å². The molecule has 2 aromatic heterocycles. The van der Waals surface area contributed by atoms with Crippen LogP contribution < -0.4 is 16.1 Å². The molecule has 0 aliphatic rings. The van der Waals surface area contributed by atoms with Gasteiger partial charge >= 0.3 is 0 Å². The number of benzene rings is 2. The van der Waals surface area contributed by atoms with E-state index < -0.39 is 0 Å². The fourth-order valence-electron chi connectivity index (χ4n) is 3.04. The fourth-order valence-corrected chi connectivity index (χ4v) is 3.04. The lowest BCUT2D eigenvalue weighted by atomic mass is 10.0. The van der Waals surface area contributed by atoms with Gasteiger partial charge in [0.25, 0.3) is 5.56 Å². The van der Waals surface area contributed by atoms with Crippen LogP contribution in [0.4, 0.5) is 0 Å². The maximum Gasteiger partial charge on any atom is 0.271 e. The molecule has 0 aliphatic carbocycles. The summed E-state index contributed by atoms with van der Waals surface area (Å²) < 4.78 is 1.83. The summed E-state index contributed by atoms with van der Waals surface area (Å²) in [6.45, 7) is 6.01. The van der Waals surface area contributed by atoms with Crippen molar-refractivity contribution in [2.24, 2.45) is 0 Å². The second-order valence-electron chi connectivity index (χ2n) is 6.38. The number of rotatable bonds is 4. The number of para-hydroxylation sites is 1. The third-order valence-electron chi connectivity index (χ3n) is 4.60. The molecule has 0 fully saturated rings. The van der Waals surface area contributed by atoms with Crippen LogP contribution in [-0.2, 0) is 6.42 Å². The molecule has 5 heteroatoms. The summed E-state index contributed by atoms with van der Waals surface area (Å²) in [5, 5.41) is 11.2. The molecule has 0 amide bonds. The SMILES string of the molecule is C=c1[nH][nH]c(=O)/c1=C\c1cn(-c2ccccc2)nc1-c1ccc(CC)cc1. The van der Waals surface area contributed by atoms with E-state index in [1.165, 1.54) is 5.56 Å². The number of hydrogen-bond donors (Lipinski definition) is 2. The molecule has 0 spiro atoms. The molecule has 0 unspecified atom stereocenters. The van der Waals surface area contributed by atoms with Crippen molar-refractivity contribution in [3.05, 3.63) is 92.8 Å². The average Bonchev–Trinajstić information content (AvgIpc) is 3.28. The summed E-state index contributed by atoms with van der Waals surface area (Å²) in [6.07, 6.45) is 4.75. The van der Waals surface area contributed by atoms with E-state index in [2.05, 4.69) is 48.0 Å². The third kappa shape index (κ3) is 3.27. The summed E-state index contributed by atoms with van der Waals surface area (Å²) in [7, 11) is 0. The zero-order valence-electron chi connectivity index (χ0n) is 15.1. The quantitative estimate of drug-likeness (QED) is 0.589. The van der Waals surface area contributed by atoms with Crippen LogP contribution in [0.15, 0.2) is 65.6 Å². The lowest BCUT2D eigenvalue weighted by Crippen LogP contribution is -2.32. The molecule has 0 saturated carbocycles. The van der Waals surface area contributed by atoms with Gasteiger partial charge < -0.3 is 0 Å². The Morgan fingerprint density at radius 1 is 1.07 bits per heavy atom. The van der Waals surface area contributed by atoms with Crippen LogP contribution in [0.25, 0.3) is 29.6 Å². The van der Waals surface area contributed by atoms with Crippen molar-refractivity contribution in [2.75, 3.05) is 0 Å². The van der Waals surface area contributed by atoms with E-state index in [0.717, 1.165) is 28.9 Å². The minimum Gasteiger partial charge on any atom is -0.298 e. The molecule has 2 N–H and O–H groups in total. The first kappa shape index (κ1) is 16.8. The predicted octanol–water partition coefficient (Wildman–Crippen LogP) is 2.36. The molecule has 0 radical (unpaired) electrons. The van der Waals surface area contributed by atoms with Crippen LogP contribution in [0, 0.1) is 0 Å². The standard InChI is InChI=1S/C22H20N4O/c1-3-16-9-11-17(12-10-16)21-18(13-20-15(2)23-24-22(20)27)14-26(25-21)19-7-5-4-6-8-19/h4-14,23H,2-3H2,1H3,(H,24,27)/b20-13-. The zero-order chi connectivity index (χ0) is 18.8. The highest BCUT2D eigenvalue weighted by molar-refractivity contribution is 5.72. The summed E-state index contributed by atoms with van der Waals surface area (Å²) in [4.78, 5) is 12.1. The summed E-state index contributed by atoms with van der Waals surface area (Å²) in [5.41, 5.74) is 4.72. The second kappa shape index (κ2) is 6.96. The number of aryl methyl sites for hydroxylation is 1. The van der Waals surface area contributed by atoms with Gasteiger partial charge in [-0.1, -0.05) is 56.0 Å². The van der Waals surface area contributed by atoms with Crippen molar-refractivity contribution >= 4 is 12.7 Å². The first-order valence-electron chi connectivity index (χ1n) is 8.87. The fraction of sp³-hybridized carbons (Fsp3) is 0.0909. The molecule has 2 heterocycles. The molecule has 134 valence electrons. The highest BCUT2D eigenvalue weighted by Gasteiger charge is 2.11. The van der Waals surface area contributed by atoms with Gasteiger partial charge in [-0.2, -0.15) is 5.10 Å². The van der Waals surface area contributed by atoms with Gasteiger partial charge in [0.15, 0.2) is 0 Å². The first-order chi connectivity index (χ1) is 13.2. The molecule has 4 rings (SSSR count). The van der Waals surface area contributed by atoms with Gasteiger partial charge in [0.1, 0.15) is 0 Å². The van der Waals surface area contributed by atoms with Crippen molar-refractivity contribution in [2.45, 2.75) is 13.3 Å². The van der Waals surface area contributed by atoms with E-state index in [4.69, 9.17) is 5.10 Å². The van der Waals surface area contributed by atoms with E-state index >= 15 is 0 Å². The molecule has 27 heavy (non-hydrogen) atoms. The number of nitrogens with one attached hydrogen (secondary N) is 2. The highest BCUT2D eigenvalue weighted by Crippen LogP contribution is 2.24. The van der Waals surface area contributed by atoms with Crippen molar-refractivity contribution in [3.8, 4) is 16.9 Å². The minimum absolute atomic E-state index is 0.195. The molecule has 0 aliphatic heterocycles. The van der Waals surface area contributed by atoms with Gasteiger partial charge in [0.05, 0.1) is 21.9 Å². The van der Waals surface area contributed by atoms with Crippen molar-refractivity contribution in [1.29, 1.82) is 0 Å². The van der Waals surface area contributed by atoms with Crippen LogP contribution in [-0.4, -0.2) is 20.0 Å². The average molecular weight is 356 g/mol. The molecule has 2 aromatic carbocycles. The second-order valence-corrected chi connectivity index (χ2v) is 6.38. The lowest BCUT2D eigenvalue weighted by Gasteiger charge is -2.02. The topological polar surface area (TPSA) is 66.5 Å². The van der Waals surface area contributed by atoms with Crippen LogP contribution in [0.3, 0.4) is 0 Å². The van der Waals surface area contributed by atoms with Crippen molar-refractivity contribution in [3.63, 3.8) is 0 Å². The van der Waals surface area contributed by atoms with Gasteiger partial charge in [-0.3, -0.25) is 15.0 Å². The Morgan fingerprint density at radius 3 is 2.44 bits per heavy atom.